The van der Waals surface area contributed by atoms with Crippen molar-refractivity contribution in [2.75, 3.05) is 23.7 Å². The van der Waals surface area contributed by atoms with Gasteiger partial charge in [-0.25, -0.2) is 4.98 Å². The number of hydrogen-bond acceptors (Lipinski definition) is 4. The Morgan fingerprint density at radius 1 is 1.50 bits per heavy atom. The van der Waals surface area contributed by atoms with Crippen LogP contribution in [0.4, 0.5) is 5.82 Å². The van der Waals surface area contributed by atoms with Gasteiger partial charge in [-0.1, -0.05) is 13.8 Å². The van der Waals surface area contributed by atoms with Gasteiger partial charge >= 0.3 is 0 Å². The molecule has 2 rings (SSSR count). The maximum absolute atomic E-state index is 4.60. The molecule has 1 saturated heterocycles. The zero-order valence-corrected chi connectivity index (χ0v) is 13.9. The van der Waals surface area contributed by atoms with Gasteiger partial charge in [-0.3, -0.25) is 0 Å². The highest BCUT2D eigenvalue weighted by atomic mass is 32.2. The van der Waals surface area contributed by atoms with Crippen molar-refractivity contribution in [2.45, 2.75) is 51.4 Å². The first-order valence-corrected chi connectivity index (χ1v) is 8.76. The van der Waals surface area contributed by atoms with E-state index in [1.54, 1.807) is 0 Å². The molecule has 1 aromatic heterocycles. The summed E-state index contributed by atoms with van der Waals surface area (Å²) in [5, 5.41) is 4.22. The Morgan fingerprint density at radius 3 is 3.05 bits per heavy atom. The molecule has 0 aromatic carbocycles. The zero-order valence-electron chi connectivity index (χ0n) is 13.1. The second-order valence-corrected chi connectivity index (χ2v) is 7.12. The van der Waals surface area contributed by atoms with Gasteiger partial charge in [-0.05, 0) is 44.5 Å². The van der Waals surface area contributed by atoms with Crippen LogP contribution in [0.25, 0.3) is 0 Å². The largest absolute Gasteiger partial charge is 0.352 e. The van der Waals surface area contributed by atoms with Crippen molar-refractivity contribution in [3.63, 3.8) is 0 Å². The molecule has 3 unspecified atom stereocenters. The first-order chi connectivity index (χ1) is 9.63. The van der Waals surface area contributed by atoms with Crippen molar-refractivity contribution in [1.29, 1.82) is 0 Å². The molecule has 20 heavy (non-hydrogen) atoms. The molecule has 0 saturated carbocycles. The van der Waals surface area contributed by atoms with E-state index in [0.29, 0.717) is 17.3 Å². The van der Waals surface area contributed by atoms with Gasteiger partial charge in [0.25, 0.3) is 0 Å². The molecule has 0 aliphatic carbocycles. The fraction of sp³-hybridized carbons (Fsp3) is 0.688. The minimum atomic E-state index is 0.392. The lowest BCUT2D eigenvalue weighted by atomic mass is 10.1. The molecule has 1 aliphatic heterocycles. The summed E-state index contributed by atoms with van der Waals surface area (Å²) in [6, 6.07) is 5.33. The summed E-state index contributed by atoms with van der Waals surface area (Å²) in [5.74, 6) is 2.33. The Bertz CT molecular complexity index is 424. The van der Waals surface area contributed by atoms with Gasteiger partial charge in [-0.15, -0.1) is 0 Å². The van der Waals surface area contributed by atoms with E-state index in [4.69, 9.17) is 0 Å². The number of nitrogens with zero attached hydrogens (tertiary/aromatic N) is 2. The van der Waals surface area contributed by atoms with Gasteiger partial charge in [0.1, 0.15) is 5.82 Å². The van der Waals surface area contributed by atoms with Gasteiger partial charge in [0.2, 0.25) is 0 Å². The van der Waals surface area contributed by atoms with Crippen LogP contribution in [0, 0.1) is 0 Å². The van der Waals surface area contributed by atoms with Gasteiger partial charge in [-0.2, -0.15) is 11.8 Å². The zero-order chi connectivity index (χ0) is 14.5. The summed E-state index contributed by atoms with van der Waals surface area (Å²) >= 11 is 2.06. The standard InChI is InChI=1S/C16H27N3S/c1-5-7-17-12(2)15-6-8-18-16(11-15)19-9-10-20-14(4)13(19)3/h6,8,11-14,17H,5,7,9-10H2,1-4H3. The van der Waals surface area contributed by atoms with Crippen LogP contribution in [-0.2, 0) is 0 Å². The highest BCUT2D eigenvalue weighted by Gasteiger charge is 2.26. The quantitative estimate of drug-likeness (QED) is 0.900. The van der Waals surface area contributed by atoms with Crippen molar-refractivity contribution < 1.29 is 0 Å². The van der Waals surface area contributed by atoms with Crippen molar-refractivity contribution in [3.05, 3.63) is 23.9 Å². The summed E-state index contributed by atoms with van der Waals surface area (Å²) in [5.41, 5.74) is 1.33. The van der Waals surface area contributed by atoms with Crippen LogP contribution < -0.4 is 10.2 Å². The predicted molar refractivity (Wildman–Crippen MR) is 89.7 cm³/mol. The topological polar surface area (TPSA) is 28.2 Å². The maximum Gasteiger partial charge on any atom is 0.129 e. The molecule has 0 amide bonds. The average molecular weight is 293 g/mol. The number of hydrogen-bond donors (Lipinski definition) is 1. The monoisotopic (exact) mass is 293 g/mol. The Balaban J connectivity index is 2.12. The second kappa shape index (κ2) is 7.32. The molecule has 1 aromatic rings. The molecule has 3 nitrogen and oxygen atoms in total. The number of pyridine rings is 1. The van der Waals surface area contributed by atoms with Gasteiger partial charge in [0.15, 0.2) is 0 Å². The summed E-state index contributed by atoms with van der Waals surface area (Å²) in [4.78, 5) is 7.06. The SMILES string of the molecule is CCCNC(C)c1ccnc(N2CCSC(C)C2C)c1. The second-order valence-electron chi connectivity index (χ2n) is 5.63. The van der Waals surface area contributed by atoms with Crippen molar-refractivity contribution in [1.82, 2.24) is 10.3 Å². The summed E-state index contributed by atoms with van der Waals surface area (Å²) in [6.07, 6.45) is 3.12. The lowest BCUT2D eigenvalue weighted by molar-refractivity contribution is 0.568. The van der Waals surface area contributed by atoms with Crippen molar-refractivity contribution in [2.24, 2.45) is 0 Å². The first kappa shape index (κ1) is 15.6. The number of aromatic nitrogens is 1. The van der Waals surface area contributed by atoms with Crippen LogP contribution in [0.15, 0.2) is 18.3 Å². The van der Waals surface area contributed by atoms with E-state index < -0.39 is 0 Å². The van der Waals surface area contributed by atoms with E-state index in [2.05, 4.69) is 66.8 Å². The third kappa shape index (κ3) is 3.67. The van der Waals surface area contributed by atoms with E-state index in [-0.39, 0.29) is 0 Å². The summed E-state index contributed by atoms with van der Waals surface area (Å²) < 4.78 is 0. The highest BCUT2D eigenvalue weighted by molar-refractivity contribution is 8.00. The number of rotatable bonds is 5. The summed E-state index contributed by atoms with van der Waals surface area (Å²) in [6.45, 7) is 11.2. The van der Waals surface area contributed by atoms with E-state index >= 15 is 0 Å². The Morgan fingerprint density at radius 2 is 2.30 bits per heavy atom. The predicted octanol–water partition coefficient (Wildman–Crippen LogP) is 3.47. The third-order valence-electron chi connectivity index (χ3n) is 4.15. The number of thioether (sulfide) groups is 1. The normalized spacial score (nSPS) is 24.7. The van der Waals surface area contributed by atoms with E-state index in [1.807, 2.05) is 6.20 Å². The van der Waals surface area contributed by atoms with Crippen molar-refractivity contribution >= 4 is 17.6 Å². The van der Waals surface area contributed by atoms with Crippen LogP contribution in [0.5, 0.6) is 0 Å². The first-order valence-electron chi connectivity index (χ1n) is 7.71. The molecule has 0 bridgehead atoms. The lowest BCUT2D eigenvalue weighted by Crippen LogP contribution is -2.45. The fourth-order valence-electron chi connectivity index (χ4n) is 2.60. The molecule has 4 heteroatoms. The maximum atomic E-state index is 4.60. The molecule has 2 heterocycles. The molecule has 112 valence electrons. The molecule has 3 atom stereocenters. The number of anilines is 1. The lowest BCUT2D eigenvalue weighted by Gasteiger charge is -2.38. The highest BCUT2D eigenvalue weighted by Crippen LogP contribution is 2.28. The third-order valence-corrected chi connectivity index (χ3v) is 5.49. The Kier molecular flexibility index (Phi) is 5.73. The minimum Gasteiger partial charge on any atom is -0.352 e. The molecule has 1 N–H and O–H groups in total. The van der Waals surface area contributed by atoms with Crippen LogP contribution in [0.2, 0.25) is 0 Å². The van der Waals surface area contributed by atoms with Crippen LogP contribution >= 0.6 is 11.8 Å². The molecule has 1 aliphatic rings. The Hall–Kier alpha value is -0.740. The van der Waals surface area contributed by atoms with E-state index in [1.165, 1.54) is 17.7 Å². The van der Waals surface area contributed by atoms with Crippen LogP contribution in [-0.4, -0.2) is 35.1 Å². The molecule has 0 radical (unpaired) electrons. The van der Waals surface area contributed by atoms with E-state index in [9.17, 15) is 0 Å². The van der Waals surface area contributed by atoms with Crippen LogP contribution in [0.1, 0.15) is 45.7 Å². The van der Waals surface area contributed by atoms with Crippen molar-refractivity contribution in [3.8, 4) is 0 Å². The molecular weight excluding hydrogens is 266 g/mol. The molecule has 0 spiro atoms. The fourth-order valence-corrected chi connectivity index (χ4v) is 3.70. The molecular formula is C16H27N3S. The average Bonchev–Trinajstić information content (AvgIpc) is 2.47. The van der Waals surface area contributed by atoms with Gasteiger partial charge in [0, 0.05) is 35.8 Å². The van der Waals surface area contributed by atoms with E-state index in [0.717, 1.165) is 18.9 Å². The minimum absolute atomic E-state index is 0.392. The Labute approximate surface area is 127 Å². The smallest absolute Gasteiger partial charge is 0.129 e. The van der Waals surface area contributed by atoms with Crippen LogP contribution in [0.3, 0.4) is 0 Å². The van der Waals surface area contributed by atoms with Gasteiger partial charge < -0.3 is 10.2 Å². The van der Waals surface area contributed by atoms with Gasteiger partial charge in [0.05, 0.1) is 0 Å². The number of nitrogens with one attached hydrogen (secondary N) is 1. The summed E-state index contributed by atoms with van der Waals surface area (Å²) in [7, 11) is 0. The molecule has 1 fully saturated rings.